The molecule has 0 atom stereocenters. The largest absolute Gasteiger partial charge is 0.492 e. The third kappa shape index (κ3) is 4.11. The van der Waals surface area contributed by atoms with Crippen LogP contribution in [0.2, 0.25) is 0 Å². The van der Waals surface area contributed by atoms with Gasteiger partial charge in [-0.2, -0.15) is 4.68 Å². The summed E-state index contributed by atoms with van der Waals surface area (Å²) in [6.45, 7) is 5.89. The van der Waals surface area contributed by atoms with E-state index in [0.717, 1.165) is 20.9 Å². The van der Waals surface area contributed by atoms with Crippen molar-refractivity contribution >= 4 is 11.6 Å². The quantitative estimate of drug-likeness (QED) is 0.634. The van der Waals surface area contributed by atoms with Crippen molar-refractivity contribution in [2.45, 2.75) is 32.7 Å². The molecule has 33 heavy (non-hydrogen) atoms. The van der Waals surface area contributed by atoms with E-state index < -0.39 is 23.0 Å². The number of anilines is 1. The summed E-state index contributed by atoms with van der Waals surface area (Å²) in [5.74, 6) is -0.747. The van der Waals surface area contributed by atoms with Crippen molar-refractivity contribution in [3.05, 3.63) is 74.2 Å². The van der Waals surface area contributed by atoms with Crippen molar-refractivity contribution in [2.24, 2.45) is 0 Å². The summed E-state index contributed by atoms with van der Waals surface area (Å²) in [4.78, 5) is 37.4. The van der Waals surface area contributed by atoms with Crippen LogP contribution in [0, 0.1) is 5.82 Å². The van der Waals surface area contributed by atoms with Gasteiger partial charge in [0.05, 0.1) is 31.6 Å². The summed E-state index contributed by atoms with van der Waals surface area (Å²) in [5.41, 5.74) is 0.196. The number of amides is 1. The Balaban J connectivity index is 1.80. The van der Waals surface area contributed by atoms with Crippen LogP contribution >= 0.6 is 0 Å². The van der Waals surface area contributed by atoms with Crippen molar-refractivity contribution in [1.82, 2.24) is 14.3 Å². The SMILES string of the molecule is COc1nn(-c2ccc(F)c(NC(C)=O)c2)c(=O)n(Cc2ccc3c(c2)OCC3(C)C)c1=O. The Morgan fingerprint density at radius 3 is 2.70 bits per heavy atom. The highest BCUT2D eigenvalue weighted by Crippen LogP contribution is 2.38. The third-order valence-electron chi connectivity index (χ3n) is 5.43. The van der Waals surface area contributed by atoms with Crippen LogP contribution in [0.5, 0.6) is 11.6 Å². The number of halogens is 1. The van der Waals surface area contributed by atoms with Crippen LogP contribution in [0.3, 0.4) is 0 Å². The zero-order valence-corrected chi connectivity index (χ0v) is 18.6. The molecule has 0 unspecified atom stereocenters. The van der Waals surface area contributed by atoms with E-state index in [1.807, 2.05) is 12.1 Å². The lowest BCUT2D eigenvalue weighted by Gasteiger charge is -2.15. The van der Waals surface area contributed by atoms with Crippen LogP contribution in [-0.2, 0) is 16.8 Å². The zero-order valence-electron chi connectivity index (χ0n) is 18.6. The fourth-order valence-corrected chi connectivity index (χ4v) is 3.72. The molecule has 2 heterocycles. The Hall–Kier alpha value is -3.95. The Bertz CT molecular complexity index is 1380. The van der Waals surface area contributed by atoms with Crippen molar-refractivity contribution in [3.8, 4) is 17.3 Å². The lowest BCUT2D eigenvalue weighted by Crippen LogP contribution is -2.41. The lowest BCUT2D eigenvalue weighted by molar-refractivity contribution is -0.114. The van der Waals surface area contributed by atoms with E-state index >= 15 is 0 Å². The highest BCUT2D eigenvalue weighted by molar-refractivity contribution is 5.89. The number of nitrogens with zero attached hydrogens (tertiary/aromatic N) is 3. The molecule has 4 rings (SSSR count). The van der Waals surface area contributed by atoms with Gasteiger partial charge in [-0.1, -0.05) is 26.0 Å². The maximum atomic E-state index is 14.1. The number of carbonyl (C=O) groups excluding carboxylic acids is 1. The number of ether oxygens (including phenoxy) is 2. The summed E-state index contributed by atoms with van der Waals surface area (Å²) in [7, 11) is 1.27. The number of benzene rings is 2. The van der Waals surface area contributed by atoms with Crippen molar-refractivity contribution in [1.29, 1.82) is 0 Å². The van der Waals surface area contributed by atoms with Crippen molar-refractivity contribution < 1.29 is 18.7 Å². The molecule has 172 valence electrons. The molecule has 0 saturated heterocycles. The molecule has 1 aliphatic rings. The maximum absolute atomic E-state index is 14.1. The number of rotatable bonds is 5. The van der Waals surface area contributed by atoms with Crippen LogP contribution in [-0.4, -0.2) is 34.0 Å². The molecule has 1 aliphatic heterocycles. The lowest BCUT2D eigenvalue weighted by atomic mass is 9.86. The summed E-state index contributed by atoms with van der Waals surface area (Å²) in [5, 5.41) is 6.34. The Labute approximate surface area is 188 Å². The van der Waals surface area contributed by atoms with Crippen molar-refractivity contribution in [3.63, 3.8) is 0 Å². The molecule has 10 heteroatoms. The van der Waals surface area contributed by atoms with E-state index in [1.165, 1.54) is 26.2 Å². The van der Waals surface area contributed by atoms with Gasteiger partial charge in [0.2, 0.25) is 5.91 Å². The van der Waals surface area contributed by atoms with Gasteiger partial charge in [-0.15, -0.1) is 5.10 Å². The van der Waals surface area contributed by atoms with E-state index in [1.54, 1.807) is 6.07 Å². The van der Waals surface area contributed by atoms with E-state index in [0.29, 0.717) is 17.9 Å². The Kier molecular flexibility index (Phi) is 5.52. The molecule has 0 spiro atoms. The Morgan fingerprint density at radius 2 is 2.00 bits per heavy atom. The second-order valence-corrected chi connectivity index (χ2v) is 8.44. The van der Waals surface area contributed by atoms with Gasteiger partial charge in [0.1, 0.15) is 11.6 Å². The summed E-state index contributed by atoms with van der Waals surface area (Å²) in [6, 6.07) is 9.24. The van der Waals surface area contributed by atoms with E-state index in [9.17, 15) is 18.8 Å². The van der Waals surface area contributed by atoms with Gasteiger partial charge < -0.3 is 14.8 Å². The molecule has 0 aliphatic carbocycles. The minimum Gasteiger partial charge on any atom is -0.492 e. The molecule has 1 aromatic heterocycles. The highest BCUT2D eigenvalue weighted by Gasteiger charge is 2.31. The average molecular weight is 454 g/mol. The first-order valence-electron chi connectivity index (χ1n) is 10.2. The third-order valence-corrected chi connectivity index (χ3v) is 5.43. The molecule has 0 radical (unpaired) electrons. The minimum atomic E-state index is -0.747. The molecule has 9 nitrogen and oxygen atoms in total. The standard InChI is InChI=1S/C23H23FN4O5/c1-13(29)25-18-10-15(6-8-17(18)24)28-22(31)27(21(30)20(26-28)32-4)11-14-5-7-16-19(9-14)33-12-23(16,2)3/h5-10H,11-12H2,1-4H3,(H,25,29). The normalized spacial score (nSPS) is 13.8. The van der Waals surface area contributed by atoms with Gasteiger partial charge in [0.15, 0.2) is 0 Å². The first-order chi connectivity index (χ1) is 15.6. The van der Waals surface area contributed by atoms with Gasteiger partial charge in [0.25, 0.3) is 5.88 Å². The second kappa shape index (κ2) is 8.19. The topological polar surface area (TPSA) is 104 Å². The second-order valence-electron chi connectivity index (χ2n) is 8.44. The van der Waals surface area contributed by atoms with E-state index in [2.05, 4.69) is 24.3 Å². The summed E-state index contributed by atoms with van der Waals surface area (Å²) in [6.07, 6.45) is 0. The zero-order chi connectivity index (χ0) is 23.9. The number of nitrogens with one attached hydrogen (secondary N) is 1. The average Bonchev–Trinajstić information content (AvgIpc) is 3.07. The number of hydrogen-bond acceptors (Lipinski definition) is 6. The van der Waals surface area contributed by atoms with Crippen LogP contribution in [0.4, 0.5) is 10.1 Å². The van der Waals surface area contributed by atoms with Crippen LogP contribution in [0.1, 0.15) is 31.9 Å². The number of carbonyl (C=O) groups is 1. The molecular weight excluding hydrogens is 431 g/mol. The van der Waals surface area contributed by atoms with Crippen LogP contribution < -0.4 is 26.0 Å². The van der Waals surface area contributed by atoms with Crippen molar-refractivity contribution in [2.75, 3.05) is 19.0 Å². The minimum absolute atomic E-state index is 0.0483. The van der Waals surface area contributed by atoms with E-state index in [4.69, 9.17) is 9.47 Å². The summed E-state index contributed by atoms with van der Waals surface area (Å²) >= 11 is 0. The number of fused-ring (bicyclic) bond motifs is 1. The molecule has 3 aromatic rings. The van der Waals surface area contributed by atoms with Gasteiger partial charge in [0, 0.05) is 17.9 Å². The number of aromatic nitrogens is 3. The van der Waals surface area contributed by atoms with Gasteiger partial charge in [-0.25, -0.2) is 13.8 Å². The van der Waals surface area contributed by atoms with Gasteiger partial charge >= 0.3 is 11.2 Å². The maximum Gasteiger partial charge on any atom is 0.352 e. The Morgan fingerprint density at radius 1 is 1.24 bits per heavy atom. The molecule has 1 N–H and O–H groups in total. The highest BCUT2D eigenvalue weighted by atomic mass is 19.1. The summed E-state index contributed by atoms with van der Waals surface area (Å²) < 4.78 is 26.8. The van der Waals surface area contributed by atoms with E-state index in [-0.39, 0.29) is 29.2 Å². The first kappa shape index (κ1) is 22.3. The predicted molar refractivity (Wildman–Crippen MR) is 119 cm³/mol. The fraction of sp³-hybridized carbons (Fsp3) is 0.304. The van der Waals surface area contributed by atoms with Gasteiger partial charge in [-0.3, -0.25) is 9.59 Å². The monoisotopic (exact) mass is 454 g/mol. The number of methoxy groups -OCH3 is 1. The smallest absolute Gasteiger partial charge is 0.352 e. The molecule has 0 saturated carbocycles. The number of hydrogen-bond donors (Lipinski definition) is 1. The predicted octanol–water partition coefficient (Wildman–Crippen LogP) is 2.22. The molecule has 0 fully saturated rings. The molecular formula is C23H23FN4O5. The molecule has 2 aromatic carbocycles. The first-order valence-corrected chi connectivity index (χ1v) is 10.2. The van der Waals surface area contributed by atoms with Gasteiger partial charge in [-0.05, 0) is 29.8 Å². The fourth-order valence-electron chi connectivity index (χ4n) is 3.72. The molecule has 1 amide bonds. The van der Waals surface area contributed by atoms with Crippen LogP contribution in [0.15, 0.2) is 46.0 Å². The van der Waals surface area contributed by atoms with Crippen LogP contribution in [0.25, 0.3) is 5.69 Å². The molecule has 0 bridgehead atoms.